The number of likely N-dealkylation sites (tertiary alicyclic amines) is 1. The van der Waals surface area contributed by atoms with Crippen LogP contribution in [0.15, 0.2) is 12.4 Å². The van der Waals surface area contributed by atoms with Crippen molar-refractivity contribution in [2.45, 2.75) is 70.4 Å². The summed E-state index contributed by atoms with van der Waals surface area (Å²) < 4.78 is 0. The molecular formula is C19H28N4S. The molecule has 0 radical (unpaired) electrons. The summed E-state index contributed by atoms with van der Waals surface area (Å²) in [4.78, 5) is 14.1. The highest BCUT2D eigenvalue weighted by atomic mass is 32.1. The topological polar surface area (TPSA) is 41.0 Å². The fourth-order valence-corrected chi connectivity index (χ4v) is 5.37. The van der Waals surface area contributed by atoms with Gasteiger partial charge >= 0.3 is 0 Å². The highest BCUT2D eigenvalue weighted by Gasteiger charge is 2.30. The Hall–Kier alpha value is -1.20. The van der Waals surface area contributed by atoms with Crippen LogP contribution < -0.4 is 5.32 Å². The minimum atomic E-state index is 0.760. The second kappa shape index (κ2) is 7.36. The summed E-state index contributed by atoms with van der Waals surface area (Å²) in [5.41, 5.74) is 0. The minimum absolute atomic E-state index is 0.760. The fraction of sp³-hybridized carbons (Fsp3) is 0.684. The summed E-state index contributed by atoms with van der Waals surface area (Å²) in [7, 11) is 0. The Bertz CT molecular complexity index is 677. The van der Waals surface area contributed by atoms with Crippen LogP contribution in [-0.4, -0.2) is 40.0 Å². The lowest BCUT2D eigenvalue weighted by molar-refractivity contribution is 0.0933. The highest BCUT2D eigenvalue weighted by molar-refractivity contribution is 7.18. The van der Waals surface area contributed by atoms with Crippen molar-refractivity contribution >= 4 is 27.4 Å². The molecule has 1 N–H and O–H groups in total. The number of piperidine rings is 1. The lowest BCUT2D eigenvalue weighted by Crippen LogP contribution is -2.45. The zero-order chi connectivity index (χ0) is 16.4. The molecule has 0 bridgehead atoms. The summed E-state index contributed by atoms with van der Waals surface area (Å²) in [6.45, 7) is 4.46. The predicted molar refractivity (Wildman–Crippen MR) is 102 cm³/mol. The van der Waals surface area contributed by atoms with E-state index in [-0.39, 0.29) is 0 Å². The van der Waals surface area contributed by atoms with Crippen LogP contribution in [0.2, 0.25) is 0 Å². The van der Waals surface area contributed by atoms with Crippen LogP contribution in [0, 0.1) is 6.92 Å². The number of hydrogen-bond acceptors (Lipinski definition) is 5. The lowest BCUT2D eigenvalue weighted by Gasteiger charge is -2.40. The molecule has 3 heterocycles. The van der Waals surface area contributed by atoms with E-state index in [1.54, 1.807) is 17.7 Å². The average molecular weight is 345 g/mol. The van der Waals surface area contributed by atoms with Gasteiger partial charge in [-0.3, -0.25) is 4.90 Å². The number of aryl methyl sites for hydroxylation is 1. The van der Waals surface area contributed by atoms with Crippen LogP contribution in [0.4, 0.5) is 5.82 Å². The molecule has 1 saturated heterocycles. The monoisotopic (exact) mass is 344 g/mol. The number of nitrogens with zero attached hydrogens (tertiary/aromatic N) is 3. The van der Waals surface area contributed by atoms with Crippen molar-refractivity contribution in [2.75, 3.05) is 18.4 Å². The number of rotatable bonds is 5. The SMILES string of the molecule is Cc1cc2c(NCCC3CCCCN3C3CCCC3)ncnc2s1. The van der Waals surface area contributed by atoms with Gasteiger partial charge in [0.05, 0.1) is 5.39 Å². The largest absolute Gasteiger partial charge is 0.369 e. The Kier molecular flexibility index (Phi) is 4.99. The van der Waals surface area contributed by atoms with Gasteiger partial charge in [-0.25, -0.2) is 9.97 Å². The quantitative estimate of drug-likeness (QED) is 0.861. The molecule has 2 aromatic heterocycles. The first-order valence-corrected chi connectivity index (χ1v) is 10.3. The molecule has 1 unspecified atom stereocenters. The van der Waals surface area contributed by atoms with Gasteiger partial charge in [0, 0.05) is 23.5 Å². The molecule has 4 nitrogen and oxygen atoms in total. The van der Waals surface area contributed by atoms with Crippen molar-refractivity contribution in [2.24, 2.45) is 0 Å². The Balaban J connectivity index is 1.38. The first kappa shape index (κ1) is 16.3. The normalized spacial score (nSPS) is 23.1. The van der Waals surface area contributed by atoms with Gasteiger partial charge in [0.25, 0.3) is 0 Å². The first-order chi connectivity index (χ1) is 11.8. The molecule has 0 amide bonds. The number of aromatic nitrogens is 2. The van der Waals surface area contributed by atoms with Crippen LogP contribution in [0.1, 0.15) is 56.2 Å². The standard InChI is InChI=1S/C19H28N4S/c1-14-12-17-18(21-13-22-19(17)24-14)20-10-9-16-8-4-5-11-23(16)15-6-2-3-7-15/h12-13,15-16H,2-11H2,1H3,(H,20,21,22). The van der Waals surface area contributed by atoms with Crippen molar-refractivity contribution < 1.29 is 0 Å². The summed E-state index contributed by atoms with van der Waals surface area (Å²) in [5.74, 6) is 1.01. The van der Waals surface area contributed by atoms with E-state index in [2.05, 4.69) is 33.2 Å². The molecule has 2 fully saturated rings. The molecule has 2 aliphatic rings. The lowest BCUT2D eigenvalue weighted by atomic mass is 9.96. The molecule has 1 aliphatic heterocycles. The number of thiophene rings is 1. The number of anilines is 1. The number of fused-ring (bicyclic) bond motifs is 1. The van der Waals surface area contributed by atoms with Gasteiger partial charge in [0.15, 0.2) is 0 Å². The van der Waals surface area contributed by atoms with Gasteiger partial charge < -0.3 is 5.32 Å². The molecule has 0 spiro atoms. The Labute approximate surface area is 148 Å². The van der Waals surface area contributed by atoms with Gasteiger partial charge in [0.2, 0.25) is 0 Å². The van der Waals surface area contributed by atoms with Gasteiger partial charge in [0.1, 0.15) is 17.0 Å². The zero-order valence-electron chi connectivity index (χ0n) is 14.6. The second-order valence-corrected chi connectivity index (χ2v) is 8.57. The Morgan fingerprint density at radius 2 is 2.00 bits per heavy atom. The molecule has 1 saturated carbocycles. The Morgan fingerprint density at radius 1 is 1.17 bits per heavy atom. The highest BCUT2D eigenvalue weighted by Crippen LogP contribution is 2.31. The van der Waals surface area contributed by atoms with Crippen LogP contribution in [-0.2, 0) is 0 Å². The van der Waals surface area contributed by atoms with E-state index in [1.807, 2.05) is 0 Å². The minimum Gasteiger partial charge on any atom is -0.369 e. The Morgan fingerprint density at radius 3 is 2.88 bits per heavy atom. The van der Waals surface area contributed by atoms with Crippen LogP contribution >= 0.6 is 11.3 Å². The van der Waals surface area contributed by atoms with Gasteiger partial charge in [-0.2, -0.15) is 0 Å². The summed E-state index contributed by atoms with van der Waals surface area (Å²) >= 11 is 1.75. The zero-order valence-corrected chi connectivity index (χ0v) is 15.4. The summed E-state index contributed by atoms with van der Waals surface area (Å²) in [6, 6.07) is 3.82. The third kappa shape index (κ3) is 3.42. The van der Waals surface area contributed by atoms with Crippen molar-refractivity contribution in [3.05, 3.63) is 17.3 Å². The van der Waals surface area contributed by atoms with E-state index in [0.29, 0.717) is 0 Å². The summed E-state index contributed by atoms with van der Waals surface area (Å²) in [5, 5.41) is 4.77. The molecule has 4 rings (SSSR count). The third-order valence-corrected chi connectivity index (χ3v) is 6.65. The second-order valence-electron chi connectivity index (χ2n) is 7.34. The molecule has 0 aromatic carbocycles. The van der Waals surface area contributed by atoms with E-state index >= 15 is 0 Å². The maximum absolute atomic E-state index is 4.47. The fourth-order valence-electron chi connectivity index (χ4n) is 4.52. The van der Waals surface area contributed by atoms with Crippen molar-refractivity contribution in [3.8, 4) is 0 Å². The first-order valence-electron chi connectivity index (χ1n) is 9.52. The van der Waals surface area contributed by atoms with Crippen molar-refractivity contribution in [3.63, 3.8) is 0 Å². The number of nitrogens with one attached hydrogen (secondary N) is 1. The molecule has 1 atom stereocenters. The van der Waals surface area contributed by atoms with Gasteiger partial charge in [-0.15, -0.1) is 11.3 Å². The van der Waals surface area contributed by atoms with Gasteiger partial charge in [-0.1, -0.05) is 19.3 Å². The number of hydrogen-bond donors (Lipinski definition) is 1. The van der Waals surface area contributed by atoms with E-state index in [1.165, 1.54) is 68.2 Å². The molecule has 1 aliphatic carbocycles. The molecule has 130 valence electrons. The molecule has 24 heavy (non-hydrogen) atoms. The van der Waals surface area contributed by atoms with Crippen LogP contribution in [0.3, 0.4) is 0 Å². The van der Waals surface area contributed by atoms with E-state index < -0.39 is 0 Å². The average Bonchev–Trinajstić information content (AvgIpc) is 3.24. The molecular weight excluding hydrogens is 316 g/mol. The van der Waals surface area contributed by atoms with Crippen LogP contribution in [0.5, 0.6) is 0 Å². The predicted octanol–water partition coefficient (Wildman–Crippen LogP) is 4.60. The van der Waals surface area contributed by atoms with Crippen molar-refractivity contribution in [1.29, 1.82) is 0 Å². The molecule has 2 aromatic rings. The maximum Gasteiger partial charge on any atom is 0.138 e. The smallest absolute Gasteiger partial charge is 0.138 e. The van der Waals surface area contributed by atoms with E-state index in [4.69, 9.17) is 0 Å². The van der Waals surface area contributed by atoms with Crippen LogP contribution in [0.25, 0.3) is 10.2 Å². The molecule has 5 heteroatoms. The maximum atomic E-state index is 4.47. The van der Waals surface area contributed by atoms with E-state index in [0.717, 1.165) is 29.3 Å². The van der Waals surface area contributed by atoms with Crippen molar-refractivity contribution in [1.82, 2.24) is 14.9 Å². The summed E-state index contributed by atoms with van der Waals surface area (Å²) in [6.07, 6.45) is 12.8. The third-order valence-electron chi connectivity index (χ3n) is 5.69. The van der Waals surface area contributed by atoms with E-state index in [9.17, 15) is 0 Å². The van der Waals surface area contributed by atoms with Gasteiger partial charge in [-0.05, 0) is 51.6 Å².